The molecule has 0 fully saturated rings. The molecule has 1 aromatic rings. The quantitative estimate of drug-likeness (QED) is 0.172. The van der Waals surface area contributed by atoms with Crippen LogP contribution in [0.3, 0.4) is 0 Å². The lowest BCUT2D eigenvalue weighted by molar-refractivity contribution is -0.173. The Morgan fingerprint density at radius 3 is 2.37 bits per heavy atom. The van der Waals surface area contributed by atoms with Crippen LogP contribution in [-0.4, -0.2) is 51.7 Å². The summed E-state index contributed by atoms with van der Waals surface area (Å²) in [4.78, 5) is 4.40. The number of ether oxygens (including phenoxy) is 3. The van der Waals surface area contributed by atoms with Gasteiger partial charge in [0.05, 0.1) is 19.3 Å². The van der Waals surface area contributed by atoms with Gasteiger partial charge in [0, 0.05) is 19.7 Å². The second-order valence-corrected chi connectivity index (χ2v) is 6.22. The van der Waals surface area contributed by atoms with Crippen LogP contribution in [-0.2, 0) is 4.74 Å². The molecule has 30 heavy (non-hydrogen) atoms. The normalized spacial score (nSPS) is 12.7. The molecule has 0 bridgehead atoms. The Labute approximate surface area is 194 Å². The Bertz CT molecular complexity index is 631. The third kappa shape index (κ3) is 11.7. The van der Waals surface area contributed by atoms with Gasteiger partial charge in [-0.15, -0.1) is 24.0 Å². The summed E-state index contributed by atoms with van der Waals surface area (Å²) in [6.45, 7) is 8.65. The third-order valence-corrected chi connectivity index (χ3v) is 3.75. The predicted molar refractivity (Wildman–Crippen MR) is 123 cm³/mol. The number of benzene rings is 1. The number of hydrogen-bond donors (Lipinski definition) is 2. The topological polar surface area (TPSA) is 64.1 Å². The van der Waals surface area contributed by atoms with Gasteiger partial charge in [0.2, 0.25) is 0 Å². The van der Waals surface area contributed by atoms with Gasteiger partial charge in [0.15, 0.2) is 17.5 Å². The molecule has 174 valence electrons. The SMILES string of the molecule is CCNC(=NCCCOCC(F)(F)F)NC(C)c1ccc(OCC)c(OCC)c1.I. The van der Waals surface area contributed by atoms with Gasteiger partial charge in [0.1, 0.15) is 6.61 Å². The second-order valence-electron chi connectivity index (χ2n) is 6.22. The van der Waals surface area contributed by atoms with Crippen LogP contribution >= 0.6 is 24.0 Å². The van der Waals surface area contributed by atoms with E-state index in [0.717, 1.165) is 5.56 Å². The molecule has 1 aromatic carbocycles. The molecule has 0 saturated heterocycles. The number of nitrogens with one attached hydrogen (secondary N) is 2. The van der Waals surface area contributed by atoms with Gasteiger partial charge in [-0.05, 0) is 51.8 Å². The number of alkyl halides is 3. The first-order valence-corrected chi connectivity index (χ1v) is 9.89. The van der Waals surface area contributed by atoms with Crippen LogP contribution < -0.4 is 20.1 Å². The van der Waals surface area contributed by atoms with Crippen LogP contribution in [0.15, 0.2) is 23.2 Å². The lowest BCUT2D eigenvalue weighted by Crippen LogP contribution is -2.38. The summed E-state index contributed by atoms with van der Waals surface area (Å²) in [6, 6.07) is 5.70. The van der Waals surface area contributed by atoms with E-state index >= 15 is 0 Å². The van der Waals surface area contributed by atoms with Crippen LogP contribution in [0, 0.1) is 0 Å². The number of aliphatic imine (C=N–C) groups is 1. The van der Waals surface area contributed by atoms with E-state index in [9.17, 15) is 13.2 Å². The van der Waals surface area contributed by atoms with Gasteiger partial charge in [-0.25, -0.2) is 0 Å². The van der Waals surface area contributed by atoms with E-state index in [1.165, 1.54) is 0 Å². The highest BCUT2D eigenvalue weighted by Crippen LogP contribution is 2.30. The van der Waals surface area contributed by atoms with Gasteiger partial charge in [0.25, 0.3) is 0 Å². The Morgan fingerprint density at radius 2 is 1.77 bits per heavy atom. The maximum Gasteiger partial charge on any atom is 0.411 e. The van der Waals surface area contributed by atoms with Crippen LogP contribution in [0.4, 0.5) is 13.2 Å². The van der Waals surface area contributed by atoms with Crippen LogP contribution in [0.5, 0.6) is 11.5 Å². The van der Waals surface area contributed by atoms with E-state index in [1.54, 1.807) is 0 Å². The van der Waals surface area contributed by atoms with Crippen molar-refractivity contribution in [1.82, 2.24) is 10.6 Å². The van der Waals surface area contributed by atoms with Crippen molar-refractivity contribution in [1.29, 1.82) is 0 Å². The highest BCUT2D eigenvalue weighted by atomic mass is 127. The van der Waals surface area contributed by atoms with E-state index < -0.39 is 12.8 Å². The zero-order chi connectivity index (χ0) is 21.7. The van der Waals surface area contributed by atoms with Crippen molar-refractivity contribution in [3.63, 3.8) is 0 Å². The zero-order valence-corrected chi connectivity index (χ0v) is 20.3. The summed E-state index contributed by atoms with van der Waals surface area (Å²) in [5.41, 5.74) is 0.996. The van der Waals surface area contributed by atoms with Gasteiger partial charge in [-0.1, -0.05) is 6.07 Å². The maximum absolute atomic E-state index is 12.1. The first-order valence-electron chi connectivity index (χ1n) is 9.89. The monoisotopic (exact) mass is 547 g/mol. The van der Waals surface area contributed by atoms with Crippen molar-refractivity contribution in [3.05, 3.63) is 23.8 Å². The Morgan fingerprint density at radius 1 is 1.10 bits per heavy atom. The van der Waals surface area contributed by atoms with E-state index in [-0.39, 0.29) is 36.6 Å². The molecular weight excluding hydrogens is 514 g/mol. The lowest BCUT2D eigenvalue weighted by atomic mass is 10.1. The van der Waals surface area contributed by atoms with Gasteiger partial charge in [-0.2, -0.15) is 13.2 Å². The number of hydrogen-bond acceptors (Lipinski definition) is 4. The molecule has 1 unspecified atom stereocenters. The molecule has 2 N–H and O–H groups in total. The van der Waals surface area contributed by atoms with Crippen LogP contribution in [0.2, 0.25) is 0 Å². The largest absolute Gasteiger partial charge is 0.490 e. The number of rotatable bonds is 12. The third-order valence-electron chi connectivity index (χ3n) is 3.75. The summed E-state index contributed by atoms with van der Waals surface area (Å²) in [5, 5.41) is 6.42. The molecule has 0 aliphatic carbocycles. The molecule has 10 heteroatoms. The smallest absolute Gasteiger partial charge is 0.411 e. The molecule has 1 atom stereocenters. The molecule has 0 aliphatic rings. The molecule has 0 aromatic heterocycles. The van der Waals surface area contributed by atoms with Crippen LogP contribution in [0.25, 0.3) is 0 Å². The highest BCUT2D eigenvalue weighted by molar-refractivity contribution is 14.0. The Kier molecular flexibility index (Phi) is 14.7. The molecular formula is C20H33F3IN3O3. The number of halogens is 4. The van der Waals surface area contributed by atoms with E-state index in [4.69, 9.17) is 9.47 Å². The first kappa shape index (κ1) is 28.6. The van der Waals surface area contributed by atoms with Gasteiger partial charge >= 0.3 is 6.18 Å². The van der Waals surface area contributed by atoms with E-state index in [2.05, 4.69) is 20.4 Å². The summed E-state index contributed by atoms with van der Waals surface area (Å²) in [7, 11) is 0. The minimum Gasteiger partial charge on any atom is -0.490 e. The van der Waals surface area contributed by atoms with Crippen molar-refractivity contribution in [2.75, 3.05) is 39.5 Å². The maximum atomic E-state index is 12.1. The molecule has 0 spiro atoms. The number of guanidine groups is 1. The van der Waals surface area contributed by atoms with E-state index in [0.29, 0.717) is 50.2 Å². The van der Waals surface area contributed by atoms with Crippen molar-refractivity contribution in [2.24, 2.45) is 4.99 Å². The average Bonchev–Trinajstić information content (AvgIpc) is 2.65. The highest BCUT2D eigenvalue weighted by Gasteiger charge is 2.27. The van der Waals surface area contributed by atoms with Crippen molar-refractivity contribution in [3.8, 4) is 11.5 Å². The fourth-order valence-electron chi connectivity index (χ4n) is 2.49. The summed E-state index contributed by atoms with van der Waals surface area (Å²) in [5.74, 6) is 1.97. The lowest BCUT2D eigenvalue weighted by Gasteiger charge is -2.20. The number of nitrogens with zero attached hydrogens (tertiary/aromatic N) is 1. The molecule has 0 heterocycles. The second kappa shape index (κ2) is 15.4. The Hall–Kier alpha value is -1.43. The molecule has 0 amide bonds. The molecule has 6 nitrogen and oxygen atoms in total. The summed E-state index contributed by atoms with van der Waals surface area (Å²) < 4.78 is 52.0. The van der Waals surface area contributed by atoms with Crippen molar-refractivity contribution < 1.29 is 27.4 Å². The standard InChI is InChI=1S/C20H32F3N3O3.HI/c1-5-24-19(25-11-8-12-27-14-20(21,22)23)26-15(4)16-9-10-17(28-6-2)18(13-16)29-7-3;/h9-10,13,15H,5-8,11-12,14H2,1-4H3,(H2,24,25,26);1H. The van der Waals surface area contributed by atoms with Crippen molar-refractivity contribution in [2.45, 2.75) is 46.3 Å². The summed E-state index contributed by atoms with van der Waals surface area (Å²) in [6.07, 6.45) is -3.90. The minimum atomic E-state index is -4.30. The molecule has 0 radical (unpaired) electrons. The molecule has 0 saturated carbocycles. The van der Waals surface area contributed by atoms with E-state index in [1.807, 2.05) is 45.9 Å². The zero-order valence-electron chi connectivity index (χ0n) is 18.0. The fraction of sp³-hybridized carbons (Fsp3) is 0.650. The van der Waals surface area contributed by atoms with Crippen molar-refractivity contribution >= 4 is 29.9 Å². The van der Waals surface area contributed by atoms with Gasteiger partial charge in [-0.3, -0.25) is 4.99 Å². The van der Waals surface area contributed by atoms with Crippen LogP contribution in [0.1, 0.15) is 45.7 Å². The molecule has 0 aliphatic heterocycles. The average molecular weight is 547 g/mol. The fourth-order valence-corrected chi connectivity index (χ4v) is 2.49. The summed E-state index contributed by atoms with van der Waals surface area (Å²) >= 11 is 0. The minimum absolute atomic E-state index is 0. The predicted octanol–water partition coefficient (Wildman–Crippen LogP) is 4.69. The molecule has 1 rings (SSSR count). The van der Waals surface area contributed by atoms with Gasteiger partial charge < -0.3 is 24.8 Å². The first-order chi connectivity index (χ1) is 13.8. The Balaban J connectivity index is 0.00000841.